The van der Waals surface area contributed by atoms with Crippen molar-refractivity contribution >= 4 is 17.6 Å². The Morgan fingerprint density at radius 3 is 2.65 bits per heavy atom. The van der Waals surface area contributed by atoms with E-state index in [2.05, 4.69) is 57.3 Å². The summed E-state index contributed by atoms with van der Waals surface area (Å²) in [7, 11) is 2.14. The number of aryl methyl sites for hydroxylation is 2. The first-order valence-corrected chi connectivity index (χ1v) is 8.73. The van der Waals surface area contributed by atoms with Gasteiger partial charge in [0.2, 0.25) is 0 Å². The molecule has 0 amide bonds. The molecule has 1 aromatic heterocycles. The average molecular weight is 295 g/mol. The van der Waals surface area contributed by atoms with Crippen molar-refractivity contribution in [1.29, 1.82) is 0 Å². The Hall–Kier alpha value is -0.740. The van der Waals surface area contributed by atoms with Crippen LogP contribution in [0, 0.1) is 19.8 Å². The van der Waals surface area contributed by atoms with Gasteiger partial charge in [-0.25, -0.2) is 4.98 Å². The zero-order chi connectivity index (χ0) is 15.1. The third-order valence-electron chi connectivity index (χ3n) is 3.30. The van der Waals surface area contributed by atoms with E-state index in [4.69, 9.17) is 4.98 Å². The van der Waals surface area contributed by atoms with Gasteiger partial charge in [0, 0.05) is 37.1 Å². The molecule has 3 nitrogen and oxygen atoms in total. The number of hydrogen-bond acceptors (Lipinski definition) is 4. The topological polar surface area (TPSA) is 28.2 Å². The van der Waals surface area contributed by atoms with Gasteiger partial charge in [-0.1, -0.05) is 13.8 Å². The number of hydrogen-bond donors (Lipinski definition) is 1. The molecular formula is C16H29N3S. The van der Waals surface area contributed by atoms with Crippen molar-refractivity contribution in [2.45, 2.75) is 34.2 Å². The second kappa shape index (κ2) is 8.53. The molecule has 0 saturated heterocycles. The van der Waals surface area contributed by atoms with Crippen molar-refractivity contribution < 1.29 is 0 Å². The van der Waals surface area contributed by atoms with Crippen molar-refractivity contribution in [3.05, 3.63) is 22.9 Å². The fourth-order valence-electron chi connectivity index (χ4n) is 2.20. The van der Waals surface area contributed by atoms with E-state index in [0.29, 0.717) is 5.92 Å². The van der Waals surface area contributed by atoms with Crippen LogP contribution >= 0.6 is 11.8 Å². The zero-order valence-electron chi connectivity index (χ0n) is 13.8. The minimum atomic E-state index is 0.673. The highest BCUT2D eigenvalue weighted by Gasteiger charge is 2.12. The second-order valence-electron chi connectivity index (χ2n) is 5.82. The van der Waals surface area contributed by atoms with E-state index in [1.54, 1.807) is 0 Å². The van der Waals surface area contributed by atoms with Crippen LogP contribution in [0.1, 0.15) is 30.7 Å². The molecule has 20 heavy (non-hydrogen) atoms. The summed E-state index contributed by atoms with van der Waals surface area (Å²) in [5, 5.41) is 3.54. The Bertz CT molecular complexity index is 418. The van der Waals surface area contributed by atoms with Crippen LogP contribution in [0.5, 0.6) is 0 Å². The first-order chi connectivity index (χ1) is 9.45. The van der Waals surface area contributed by atoms with Gasteiger partial charge in [0.15, 0.2) is 0 Å². The van der Waals surface area contributed by atoms with Crippen molar-refractivity contribution in [2.24, 2.45) is 5.92 Å². The largest absolute Gasteiger partial charge is 0.359 e. The van der Waals surface area contributed by atoms with Gasteiger partial charge >= 0.3 is 0 Å². The maximum atomic E-state index is 4.76. The molecule has 0 radical (unpaired) electrons. The van der Waals surface area contributed by atoms with E-state index < -0.39 is 0 Å². The molecule has 1 aromatic rings. The molecule has 114 valence electrons. The number of pyridine rings is 1. The van der Waals surface area contributed by atoms with E-state index in [1.807, 2.05) is 11.8 Å². The predicted molar refractivity (Wildman–Crippen MR) is 91.9 cm³/mol. The summed E-state index contributed by atoms with van der Waals surface area (Å²) in [5.74, 6) is 2.93. The van der Waals surface area contributed by atoms with Crippen LogP contribution < -0.4 is 10.2 Å². The molecule has 0 fully saturated rings. The predicted octanol–water partition coefficient (Wildman–Crippen LogP) is 3.24. The summed E-state index contributed by atoms with van der Waals surface area (Å²) in [4.78, 5) is 7.04. The monoisotopic (exact) mass is 295 g/mol. The Morgan fingerprint density at radius 1 is 1.35 bits per heavy atom. The summed E-state index contributed by atoms with van der Waals surface area (Å²) in [5.41, 5.74) is 3.76. The van der Waals surface area contributed by atoms with Crippen LogP contribution in [0.25, 0.3) is 0 Å². The third kappa shape index (κ3) is 5.33. The average Bonchev–Trinajstić information content (AvgIpc) is 2.37. The molecule has 1 N–H and O–H groups in total. The van der Waals surface area contributed by atoms with Gasteiger partial charge in [0.25, 0.3) is 0 Å². The highest BCUT2D eigenvalue weighted by molar-refractivity contribution is 7.98. The number of thioether (sulfide) groups is 1. The Labute approximate surface area is 128 Å². The lowest BCUT2D eigenvalue weighted by atomic mass is 10.1. The first kappa shape index (κ1) is 17.3. The lowest BCUT2D eigenvalue weighted by Gasteiger charge is -2.23. The molecule has 0 aliphatic rings. The first-order valence-electron chi connectivity index (χ1n) is 7.33. The number of aromatic nitrogens is 1. The van der Waals surface area contributed by atoms with Crippen LogP contribution in [0.2, 0.25) is 0 Å². The maximum absolute atomic E-state index is 4.76. The summed E-state index contributed by atoms with van der Waals surface area (Å²) < 4.78 is 0. The van der Waals surface area contributed by atoms with Crippen LogP contribution in [0.3, 0.4) is 0 Å². The van der Waals surface area contributed by atoms with E-state index >= 15 is 0 Å². The van der Waals surface area contributed by atoms with E-state index in [0.717, 1.165) is 36.9 Å². The summed E-state index contributed by atoms with van der Waals surface area (Å²) in [6.07, 6.45) is 2.15. The lowest BCUT2D eigenvalue weighted by Crippen LogP contribution is -2.26. The van der Waals surface area contributed by atoms with Crippen molar-refractivity contribution in [3.63, 3.8) is 0 Å². The van der Waals surface area contributed by atoms with E-state index in [1.165, 1.54) is 11.1 Å². The molecule has 0 aromatic carbocycles. The Morgan fingerprint density at radius 2 is 2.05 bits per heavy atom. The van der Waals surface area contributed by atoms with Crippen LogP contribution in [-0.2, 0) is 6.54 Å². The number of nitrogens with zero attached hydrogens (tertiary/aromatic N) is 2. The third-order valence-corrected chi connectivity index (χ3v) is 3.89. The Balaban J connectivity index is 2.89. The summed E-state index contributed by atoms with van der Waals surface area (Å²) in [6.45, 7) is 11.7. The van der Waals surface area contributed by atoms with Gasteiger partial charge in [0.05, 0.1) is 0 Å². The van der Waals surface area contributed by atoms with Gasteiger partial charge < -0.3 is 10.2 Å². The minimum Gasteiger partial charge on any atom is -0.359 e. The normalized spacial score (nSPS) is 11.2. The van der Waals surface area contributed by atoms with Gasteiger partial charge in [-0.05, 0) is 44.2 Å². The van der Waals surface area contributed by atoms with Crippen LogP contribution in [0.4, 0.5) is 5.82 Å². The fourth-order valence-corrected chi connectivity index (χ4v) is 2.65. The fraction of sp³-hybridized carbons (Fsp3) is 0.688. The van der Waals surface area contributed by atoms with Crippen molar-refractivity contribution in [2.75, 3.05) is 37.0 Å². The van der Waals surface area contributed by atoms with Gasteiger partial charge in [-0.15, -0.1) is 0 Å². The molecule has 4 heteroatoms. The van der Waals surface area contributed by atoms with Gasteiger partial charge in [-0.2, -0.15) is 11.8 Å². The van der Waals surface area contributed by atoms with Crippen molar-refractivity contribution in [3.8, 4) is 0 Å². The molecule has 0 bridgehead atoms. The molecule has 0 atom stereocenters. The molecule has 0 unspecified atom stereocenters. The molecule has 0 spiro atoms. The smallest absolute Gasteiger partial charge is 0.133 e. The van der Waals surface area contributed by atoms with Gasteiger partial charge in [0.1, 0.15) is 5.82 Å². The highest BCUT2D eigenvalue weighted by Crippen LogP contribution is 2.22. The molecule has 0 saturated carbocycles. The highest BCUT2D eigenvalue weighted by atomic mass is 32.2. The number of nitrogens with one attached hydrogen (secondary N) is 1. The SMILES string of the molecule is CSCCN(C)c1nc(C)cc(C)c1CNCC(C)C. The lowest BCUT2D eigenvalue weighted by molar-refractivity contribution is 0.551. The molecule has 0 aliphatic carbocycles. The molecule has 0 aliphatic heterocycles. The Kier molecular flexibility index (Phi) is 7.38. The number of rotatable bonds is 8. The number of anilines is 1. The van der Waals surface area contributed by atoms with Crippen LogP contribution in [-0.4, -0.2) is 37.1 Å². The van der Waals surface area contributed by atoms with Crippen molar-refractivity contribution in [1.82, 2.24) is 10.3 Å². The summed E-state index contributed by atoms with van der Waals surface area (Å²) in [6, 6.07) is 2.18. The molecule has 1 heterocycles. The van der Waals surface area contributed by atoms with E-state index in [9.17, 15) is 0 Å². The maximum Gasteiger partial charge on any atom is 0.133 e. The second-order valence-corrected chi connectivity index (χ2v) is 6.81. The minimum absolute atomic E-state index is 0.673. The van der Waals surface area contributed by atoms with Gasteiger partial charge in [-0.3, -0.25) is 0 Å². The summed E-state index contributed by atoms with van der Waals surface area (Å²) >= 11 is 1.88. The van der Waals surface area contributed by atoms with Crippen LogP contribution in [0.15, 0.2) is 6.07 Å². The standard InChI is InChI=1S/C16H29N3S/c1-12(2)10-17-11-15-13(3)9-14(4)18-16(15)19(5)7-8-20-6/h9,12,17H,7-8,10-11H2,1-6H3. The molecular weight excluding hydrogens is 266 g/mol. The quantitative estimate of drug-likeness (QED) is 0.797. The zero-order valence-corrected chi connectivity index (χ0v) is 14.6. The van der Waals surface area contributed by atoms with E-state index in [-0.39, 0.29) is 0 Å². The molecule has 1 rings (SSSR count).